The quantitative estimate of drug-likeness (QED) is 0.333. The summed E-state index contributed by atoms with van der Waals surface area (Å²) in [6.07, 6.45) is 0.0995. The molecule has 0 amide bonds. The molecule has 34 heavy (non-hydrogen) atoms. The van der Waals surface area contributed by atoms with E-state index in [0.717, 1.165) is 39.3 Å². The van der Waals surface area contributed by atoms with E-state index in [1.165, 1.54) is 0 Å². The van der Waals surface area contributed by atoms with Crippen LogP contribution in [0.3, 0.4) is 0 Å². The predicted molar refractivity (Wildman–Crippen MR) is 115 cm³/mol. The molecular weight excluding hydrogens is 480 g/mol. The van der Waals surface area contributed by atoms with Crippen LogP contribution >= 0.6 is 0 Å². The van der Waals surface area contributed by atoms with Crippen molar-refractivity contribution >= 4 is 0 Å². The van der Waals surface area contributed by atoms with E-state index < -0.39 is 10.2 Å². The van der Waals surface area contributed by atoms with Crippen molar-refractivity contribution in [3.8, 4) is 0 Å². The Bertz CT molecular complexity index is 401. The summed E-state index contributed by atoms with van der Waals surface area (Å²) in [5.74, 6) is 0. The van der Waals surface area contributed by atoms with Crippen LogP contribution in [0.1, 0.15) is 0 Å². The van der Waals surface area contributed by atoms with Crippen LogP contribution in [-0.2, 0) is 33.2 Å². The Hall–Kier alpha value is -0.230. The van der Waals surface area contributed by atoms with E-state index in [-0.39, 0.29) is 6.10 Å². The van der Waals surface area contributed by atoms with E-state index in [1.807, 2.05) is 0 Å². The van der Waals surface area contributed by atoms with Crippen LogP contribution in [0.5, 0.6) is 0 Å². The van der Waals surface area contributed by atoms with E-state index in [9.17, 15) is 0 Å². The summed E-state index contributed by atoms with van der Waals surface area (Å²) in [7, 11) is -2.41. The van der Waals surface area contributed by atoms with Crippen LogP contribution in [-0.4, -0.2) is 156 Å². The van der Waals surface area contributed by atoms with Gasteiger partial charge in [-0.05, 0) is 0 Å². The average molecular weight is 523 g/mol. The molecule has 0 aromatic rings. The van der Waals surface area contributed by atoms with Crippen molar-refractivity contribution in [3.63, 3.8) is 0 Å². The van der Waals surface area contributed by atoms with E-state index in [1.54, 1.807) is 7.11 Å². The van der Waals surface area contributed by atoms with Gasteiger partial charge in [0.05, 0.1) is 85.4 Å². The average Bonchev–Trinajstić information content (AvgIpc) is 2.75. The third-order valence-corrected chi connectivity index (χ3v) is 4.95. The number of nitrogens with zero attached hydrogens (tertiary/aromatic N) is 2. The molecule has 2 rings (SSSR count). The van der Waals surface area contributed by atoms with E-state index in [4.69, 9.17) is 51.8 Å². The van der Waals surface area contributed by atoms with Gasteiger partial charge in [-0.1, -0.05) is 0 Å². The minimum absolute atomic E-state index is 0.0995. The summed E-state index contributed by atoms with van der Waals surface area (Å²) in [6, 6.07) is 0. The van der Waals surface area contributed by atoms with E-state index >= 15 is 0 Å². The van der Waals surface area contributed by atoms with Crippen molar-refractivity contribution in [3.05, 3.63) is 0 Å². The molecule has 0 bridgehead atoms. The number of hydrogen-bond donors (Lipinski definition) is 3. The van der Waals surface area contributed by atoms with Gasteiger partial charge < -0.3 is 33.2 Å². The SMILES string of the molecule is COC(CN1CCOCCOCCOCC1)CN1CCOCCOCCOCC1.[O-][Cl+](O)(O)O. The second kappa shape index (κ2) is 20.9. The molecule has 206 valence electrons. The first kappa shape index (κ1) is 31.8. The van der Waals surface area contributed by atoms with Gasteiger partial charge in [-0.15, -0.1) is 0 Å². The zero-order valence-corrected chi connectivity index (χ0v) is 20.9. The Balaban J connectivity index is 0.00000104. The first-order valence-electron chi connectivity index (χ1n) is 11.5. The molecule has 14 heteroatoms. The van der Waals surface area contributed by atoms with Gasteiger partial charge in [0.15, 0.2) is 0 Å². The monoisotopic (exact) mass is 522 g/mol. The molecular formula is C20H43ClN2O11. The third kappa shape index (κ3) is 21.1. The van der Waals surface area contributed by atoms with E-state index in [2.05, 4.69) is 9.80 Å². The molecule has 2 heterocycles. The Morgan fingerprint density at radius 3 is 1.09 bits per heavy atom. The standard InChI is InChI=1S/C20H40N2O7.ClH3O4/c1-23-20(18-21-2-6-24-10-14-28-15-11-25-7-3-21)19-22-4-8-26-12-16-29-17-13-27-9-5-22;2-1(3,4)5/h20H,2-19H2,1H3;2-4H. The number of methoxy groups -OCH3 is 1. The summed E-state index contributed by atoms with van der Waals surface area (Å²) in [5, 5.41) is 0. The van der Waals surface area contributed by atoms with Gasteiger partial charge in [-0.3, -0.25) is 9.80 Å². The molecule has 0 spiro atoms. The first-order valence-corrected chi connectivity index (χ1v) is 12.8. The second-order valence-corrected chi connectivity index (χ2v) is 8.43. The van der Waals surface area contributed by atoms with Gasteiger partial charge >= 0.3 is 28.9 Å². The number of ether oxygens (including phenoxy) is 7. The van der Waals surface area contributed by atoms with Crippen LogP contribution in [0.2, 0.25) is 0 Å². The molecule has 2 aliphatic rings. The topological polar surface area (TPSA) is 155 Å². The van der Waals surface area contributed by atoms with Crippen molar-refractivity contribution in [2.75, 3.05) is 126 Å². The van der Waals surface area contributed by atoms with Crippen molar-refractivity contribution in [1.29, 1.82) is 0 Å². The summed E-state index contributed by atoms with van der Waals surface area (Å²) < 4.78 is 69.6. The molecule has 2 saturated heterocycles. The molecule has 0 aromatic carbocycles. The molecule has 0 radical (unpaired) electrons. The van der Waals surface area contributed by atoms with Crippen molar-refractivity contribution in [2.24, 2.45) is 0 Å². The Morgan fingerprint density at radius 2 is 0.853 bits per heavy atom. The predicted octanol–water partition coefficient (Wildman–Crippen LogP) is -3.13. The van der Waals surface area contributed by atoms with Crippen LogP contribution in [0.15, 0.2) is 0 Å². The van der Waals surface area contributed by atoms with Gasteiger partial charge in [-0.25, -0.2) is 0 Å². The van der Waals surface area contributed by atoms with Crippen LogP contribution in [0.4, 0.5) is 0 Å². The molecule has 13 nitrogen and oxygen atoms in total. The maximum absolute atomic E-state index is 8.83. The minimum atomic E-state index is -4.19. The van der Waals surface area contributed by atoms with E-state index in [0.29, 0.717) is 79.3 Å². The Morgan fingerprint density at radius 1 is 0.618 bits per heavy atom. The fourth-order valence-corrected chi connectivity index (χ4v) is 3.23. The Labute approximate surface area is 204 Å². The molecule has 0 unspecified atom stereocenters. The molecule has 0 aliphatic carbocycles. The number of rotatable bonds is 5. The number of hydrogen-bond acceptors (Lipinski definition) is 13. The molecule has 2 fully saturated rings. The normalized spacial score (nSPS) is 22.9. The molecule has 2 aliphatic heterocycles. The van der Waals surface area contributed by atoms with Gasteiger partial charge in [-0.2, -0.15) is 0 Å². The Kier molecular flexibility index (Phi) is 19.6. The van der Waals surface area contributed by atoms with Crippen molar-refractivity contribution < 1.29 is 62.0 Å². The maximum atomic E-state index is 8.83. The molecule has 0 aromatic heterocycles. The third-order valence-electron chi connectivity index (χ3n) is 4.95. The summed E-state index contributed by atoms with van der Waals surface area (Å²) in [5.41, 5.74) is 0. The van der Waals surface area contributed by atoms with Crippen LogP contribution < -0.4 is 4.66 Å². The number of halogens is 1. The zero-order valence-electron chi connectivity index (χ0n) is 20.2. The summed E-state index contributed by atoms with van der Waals surface area (Å²) in [6.45, 7) is 12.8. The summed E-state index contributed by atoms with van der Waals surface area (Å²) >= 11 is 0. The fourth-order valence-electron chi connectivity index (χ4n) is 3.23. The van der Waals surface area contributed by atoms with Crippen LogP contribution in [0.25, 0.3) is 0 Å². The fraction of sp³-hybridized carbons (Fsp3) is 1.00. The molecule has 0 saturated carbocycles. The van der Waals surface area contributed by atoms with Gasteiger partial charge in [0, 0.05) is 46.4 Å². The summed E-state index contributed by atoms with van der Waals surface area (Å²) in [4.78, 5) is 4.72. The van der Waals surface area contributed by atoms with Crippen LogP contribution in [0, 0.1) is 10.2 Å². The van der Waals surface area contributed by atoms with Gasteiger partial charge in [0.25, 0.3) is 0 Å². The first-order chi connectivity index (χ1) is 16.4. The second-order valence-electron chi connectivity index (χ2n) is 7.57. The zero-order chi connectivity index (χ0) is 24.9. The molecule has 3 N–H and O–H groups in total. The van der Waals surface area contributed by atoms with Crippen molar-refractivity contribution in [1.82, 2.24) is 9.80 Å². The van der Waals surface area contributed by atoms with Crippen molar-refractivity contribution in [2.45, 2.75) is 6.10 Å². The van der Waals surface area contributed by atoms with Gasteiger partial charge in [0.1, 0.15) is 0 Å². The van der Waals surface area contributed by atoms with Gasteiger partial charge in [0.2, 0.25) is 0 Å². The molecule has 0 atom stereocenters.